The number of benzene rings is 1. The van der Waals surface area contributed by atoms with Gasteiger partial charge in [0, 0.05) is 12.6 Å². The topological polar surface area (TPSA) is 32.3 Å². The molecular weight excluding hydrogens is 217 g/mol. The highest BCUT2D eigenvalue weighted by Gasteiger charge is 2.08. The summed E-state index contributed by atoms with van der Waals surface area (Å²) in [6.07, 6.45) is -0.400. The fourth-order valence-electron chi connectivity index (χ4n) is 1.25. The van der Waals surface area contributed by atoms with Crippen LogP contribution in [0.3, 0.4) is 0 Å². The lowest BCUT2D eigenvalue weighted by Crippen LogP contribution is -2.27. The molecule has 2 nitrogen and oxygen atoms in total. The molecule has 1 aromatic rings. The number of nitrogens with one attached hydrogen (secondary N) is 1. The first-order chi connectivity index (χ1) is 7.00. The minimum absolute atomic E-state index is 0.0395. The Kier molecular flexibility index (Phi) is 4.51. The maximum atomic E-state index is 12.9. The van der Waals surface area contributed by atoms with Gasteiger partial charge in [-0.25, -0.2) is 4.39 Å². The van der Waals surface area contributed by atoms with Crippen molar-refractivity contribution < 1.29 is 9.50 Å². The Morgan fingerprint density at radius 1 is 1.47 bits per heavy atom. The third kappa shape index (κ3) is 3.78. The smallest absolute Gasteiger partial charge is 0.141 e. The summed E-state index contributed by atoms with van der Waals surface area (Å²) in [5.41, 5.74) is 0.905. The maximum absolute atomic E-state index is 12.9. The lowest BCUT2D eigenvalue weighted by molar-refractivity contribution is 0.187. The fourth-order valence-corrected chi connectivity index (χ4v) is 1.44. The molecule has 0 heterocycles. The van der Waals surface area contributed by atoms with Crippen molar-refractivity contribution in [3.63, 3.8) is 0 Å². The van der Waals surface area contributed by atoms with E-state index in [1.807, 2.05) is 6.92 Å². The molecule has 1 rings (SSSR count). The summed E-state index contributed by atoms with van der Waals surface area (Å²) >= 11 is 5.67. The minimum atomic E-state index is -0.414. The van der Waals surface area contributed by atoms with Crippen molar-refractivity contribution in [2.45, 2.75) is 26.0 Å². The Balaban J connectivity index is 2.65. The zero-order valence-corrected chi connectivity index (χ0v) is 9.55. The van der Waals surface area contributed by atoms with Gasteiger partial charge in [-0.15, -0.1) is 0 Å². The second-order valence-corrected chi connectivity index (χ2v) is 4.06. The van der Waals surface area contributed by atoms with E-state index in [1.54, 1.807) is 19.1 Å². The molecule has 0 aliphatic carbocycles. The molecule has 4 heteroatoms. The zero-order valence-electron chi connectivity index (χ0n) is 8.80. The Morgan fingerprint density at radius 3 is 2.67 bits per heavy atom. The summed E-state index contributed by atoms with van der Waals surface area (Å²) in [6, 6.07) is 4.66. The molecule has 15 heavy (non-hydrogen) atoms. The highest BCUT2D eigenvalue weighted by Crippen LogP contribution is 2.20. The first kappa shape index (κ1) is 12.4. The van der Waals surface area contributed by atoms with Crippen molar-refractivity contribution in [3.05, 3.63) is 34.6 Å². The standard InChI is InChI=1S/C11H15ClFNO/c1-7(15)6-14-8(2)9-3-4-11(13)10(12)5-9/h3-5,7-8,14-15H,6H2,1-2H3/t7-,8+/m0/s1. The molecule has 0 saturated carbocycles. The fraction of sp³-hybridized carbons (Fsp3) is 0.455. The van der Waals surface area contributed by atoms with E-state index in [4.69, 9.17) is 16.7 Å². The van der Waals surface area contributed by atoms with Gasteiger partial charge in [-0.3, -0.25) is 0 Å². The van der Waals surface area contributed by atoms with Crippen molar-refractivity contribution in [1.82, 2.24) is 5.32 Å². The molecule has 0 spiro atoms. The van der Waals surface area contributed by atoms with E-state index in [2.05, 4.69) is 5.32 Å². The number of hydrogen-bond donors (Lipinski definition) is 2. The normalized spacial score (nSPS) is 15.0. The van der Waals surface area contributed by atoms with Gasteiger partial charge in [-0.1, -0.05) is 17.7 Å². The van der Waals surface area contributed by atoms with Crippen molar-refractivity contribution in [2.24, 2.45) is 0 Å². The average Bonchev–Trinajstić information content (AvgIpc) is 2.18. The Hall–Kier alpha value is -0.640. The molecule has 84 valence electrons. The number of hydrogen-bond acceptors (Lipinski definition) is 2. The molecule has 0 fully saturated rings. The largest absolute Gasteiger partial charge is 0.392 e. The number of halogens is 2. The first-order valence-electron chi connectivity index (χ1n) is 4.87. The third-order valence-electron chi connectivity index (χ3n) is 2.16. The molecule has 0 aromatic heterocycles. The molecule has 0 unspecified atom stereocenters. The summed E-state index contributed by atoms with van der Waals surface area (Å²) in [6.45, 7) is 4.14. The van der Waals surface area contributed by atoms with Crippen LogP contribution in [-0.2, 0) is 0 Å². The van der Waals surface area contributed by atoms with Crippen LogP contribution in [0.1, 0.15) is 25.5 Å². The van der Waals surface area contributed by atoms with Crippen LogP contribution in [0.25, 0.3) is 0 Å². The van der Waals surface area contributed by atoms with Crippen LogP contribution >= 0.6 is 11.6 Å². The summed E-state index contributed by atoms with van der Waals surface area (Å²) in [5, 5.41) is 12.3. The van der Waals surface area contributed by atoms with Crippen LogP contribution in [0.15, 0.2) is 18.2 Å². The van der Waals surface area contributed by atoms with E-state index in [0.29, 0.717) is 6.54 Å². The monoisotopic (exact) mass is 231 g/mol. The SMILES string of the molecule is C[C@H](O)CN[C@H](C)c1ccc(F)c(Cl)c1. The van der Waals surface area contributed by atoms with E-state index in [1.165, 1.54) is 6.07 Å². The summed E-state index contributed by atoms with van der Waals surface area (Å²) in [7, 11) is 0. The van der Waals surface area contributed by atoms with E-state index < -0.39 is 11.9 Å². The first-order valence-corrected chi connectivity index (χ1v) is 5.25. The predicted octanol–water partition coefficient (Wildman–Crippen LogP) is 2.51. The summed E-state index contributed by atoms with van der Waals surface area (Å²) in [5.74, 6) is -0.414. The van der Waals surface area contributed by atoms with E-state index in [9.17, 15) is 4.39 Å². The minimum Gasteiger partial charge on any atom is -0.392 e. The van der Waals surface area contributed by atoms with Gasteiger partial charge in [0.15, 0.2) is 0 Å². The van der Waals surface area contributed by atoms with Gasteiger partial charge in [0.05, 0.1) is 11.1 Å². The predicted molar refractivity (Wildman–Crippen MR) is 59.5 cm³/mol. The lowest BCUT2D eigenvalue weighted by Gasteiger charge is -2.15. The third-order valence-corrected chi connectivity index (χ3v) is 2.45. The van der Waals surface area contributed by atoms with Crippen molar-refractivity contribution in [3.8, 4) is 0 Å². The van der Waals surface area contributed by atoms with Crippen molar-refractivity contribution >= 4 is 11.6 Å². The number of aliphatic hydroxyl groups is 1. The van der Waals surface area contributed by atoms with Crippen LogP contribution in [0.4, 0.5) is 4.39 Å². The van der Waals surface area contributed by atoms with Gasteiger partial charge >= 0.3 is 0 Å². The van der Waals surface area contributed by atoms with Crippen molar-refractivity contribution in [2.75, 3.05) is 6.54 Å². The second-order valence-electron chi connectivity index (χ2n) is 3.65. The van der Waals surface area contributed by atoms with Gasteiger partial charge in [0.1, 0.15) is 5.82 Å². The molecule has 2 N–H and O–H groups in total. The average molecular weight is 232 g/mol. The zero-order chi connectivity index (χ0) is 11.4. The molecular formula is C11H15ClFNO. The van der Waals surface area contributed by atoms with Gasteiger partial charge in [-0.2, -0.15) is 0 Å². The highest BCUT2D eigenvalue weighted by molar-refractivity contribution is 6.30. The second kappa shape index (κ2) is 5.45. The molecule has 0 amide bonds. The Morgan fingerprint density at radius 2 is 2.13 bits per heavy atom. The van der Waals surface area contributed by atoms with Gasteiger partial charge in [0.25, 0.3) is 0 Å². The van der Waals surface area contributed by atoms with Crippen LogP contribution < -0.4 is 5.32 Å². The van der Waals surface area contributed by atoms with E-state index in [-0.39, 0.29) is 11.1 Å². The van der Waals surface area contributed by atoms with Gasteiger partial charge in [-0.05, 0) is 31.5 Å². The van der Waals surface area contributed by atoms with Crippen LogP contribution in [0.2, 0.25) is 5.02 Å². The summed E-state index contributed by atoms with van der Waals surface area (Å²) in [4.78, 5) is 0. The van der Waals surface area contributed by atoms with Gasteiger partial charge < -0.3 is 10.4 Å². The van der Waals surface area contributed by atoms with Gasteiger partial charge in [0.2, 0.25) is 0 Å². The van der Waals surface area contributed by atoms with Crippen LogP contribution in [0, 0.1) is 5.82 Å². The summed E-state index contributed by atoms with van der Waals surface area (Å²) < 4.78 is 12.9. The van der Waals surface area contributed by atoms with Crippen LogP contribution in [-0.4, -0.2) is 17.8 Å². The quantitative estimate of drug-likeness (QED) is 0.835. The number of aliphatic hydroxyl groups excluding tert-OH is 1. The maximum Gasteiger partial charge on any atom is 0.141 e. The Bertz CT molecular complexity index is 330. The van der Waals surface area contributed by atoms with E-state index >= 15 is 0 Å². The lowest BCUT2D eigenvalue weighted by atomic mass is 10.1. The molecule has 2 atom stereocenters. The van der Waals surface area contributed by atoms with E-state index in [0.717, 1.165) is 5.56 Å². The molecule has 0 aliphatic heterocycles. The molecule has 0 radical (unpaired) electrons. The van der Waals surface area contributed by atoms with Crippen molar-refractivity contribution in [1.29, 1.82) is 0 Å². The highest BCUT2D eigenvalue weighted by atomic mass is 35.5. The van der Waals surface area contributed by atoms with Crippen LogP contribution in [0.5, 0.6) is 0 Å². The molecule has 1 aromatic carbocycles. The Labute approximate surface area is 94.1 Å². The molecule has 0 aliphatic rings. The number of rotatable bonds is 4. The molecule has 0 saturated heterocycles. The molecule has 0 bridgehead atoms.